The van der Waals surface area contributed by atoms with Crippen LogP contribution in [-0.2, 0) is 24.2 Å². The number of likely N-dealkylation sites (N-methyl/N-ethyl adjacent to an activating group) is 1. The van der Waals surface area contributed by atoms with Crippen LogP contribution in [0.15, 0.2) is 6.20 Å². The molecule has 1 aromatic heterocycles. The van der Waals surface area contributed by atoms with Gasteiger partial charge >= 0.3 is 0 Å². The third kappa shape index (κ3) is 3.67. The van der Waals surface area contributed by atoms with E-state index in [0.717, 1.165) is 63.0 Å². The van der Waals surface area contributed by atoms with E-state index >= 15 is 0 Å². The maximum atomic E-state index is 12.8. The molecule has 1 amide bonds. The first-order valence-electron chi connectivity index (χ1n) is 9.32. The summed E-state index contributed by atoms with van der Waals surface area (Å²) in [5.74, 6) is 0.895. The van der Waals surface area contributed by atoms with Crippen molar-refractivity contribution >= 4 is 5.91 Å². The topological polar surface area (TPSA) is 73.1 Å². The molecule has 0 unspecified atom stereocenters. The van der Waals surface area contributed by atoms with Gasteiger partial charge in [0.2, 0.25) is 5.91 Å². The van der Waals surface area contributed by atoms with Crippen molar-refractivity contribution < 1.29 is 4.79 Å². The summed E-state index contributed by atoms with van der Waals surface area (Å²) in [6, 6.07) is 2.43. The van der Waals surface area contributed by atoms with E-state index in [0.29, 0.717) is 13.1 Å². The first-order valence-corrected chi connectivity index (χ1v) is 9.32. The van der Waals surface area contributed by atoms with Crippen molar-refractivity contribution in [1.29, 1.82) is 5.26 Å². The Morgan fingerprint density at radius 2 is 2.16 bits per heavy atom. The number of hydrogen-bond acceptors (Lipinski definition) is 5. The molecule has 0 atom stereocenters. The van der Waals surface area contributed by atoms with E-state index in [1.807, 2.05) is 13.1 Å². The molecule has 6 nitrogen and oxygen atoms in total. The number of fused-ring (bicyclic) bond motifs is 1. The molecule has 0 N–H and O–H groups in total. The summed E-state index contributed by atoms with van der Waals surface area (Å²) < 4.78 is 0. The van der Waals surface area contributed by atoms with Crippen LogP contribution >= 0.6 is 0 Å². The quantitative estimate of drug-likeness (QED) is 0.838. The van der Waals surface area contributed by atoms with Gasteiger partial charge in [0.25, 0.3) is 0 Å². The minimum atomic E-state index is -0.611. The van der Waals surface area contributed by atoms with Crippen LogP contribution in [0, 0.1) is 11.3 Å². The van der Waals surface area contributed by atoms with E-state index in [1.165, 1.54) is 5.56 Å². The number of rotatable bonds is 4. The van der Waals surface area contributed by atoms with Crippen LogP contribution in [0.25, 0.3) is 0 Å². The molecule has 2 aliphatic rings. The third-order valence-electron chi connectivity index (χ3n) is 5.65. The molecule has 0 bridgehead atoms. The molecule has 1 aliphatic carbocycles. The van der Waals surface area contributed by atoms with Gasteiger partial charge in [-0.2, -0.15) is 5.26 Å². The number of amides is 1. The van der Waals surface area contributed by atoms with E-state index in [1.54, 1.807) is 11.9 Å². The van der Waals surface area contributed by atoms with Crippen LogP contribution in [0.4, 0.5) is 0 Å². The molecule has 3 rings (SSSR count). The lowest BCUT2D eigenvalue weighted by Gasteiger charge is -2.40. The summed E-state index contributed by atoms with van der Waals surface area (Å²) in [5.41, 5.74) is 1.62. The highest BCUT2D eigenvalue weighted by Crippen LogP contribution is 2.32. The van der Waals surface area contributed by atoms with Crippen molar-refractivity contribution in [2.24, 2.45) is 0 Å². The zero-order valence-corrected chi connectivity index (χ0v) is 15.3. The highest BCUT2D eigenvalue weighted by atomic mass is 16.2. The summed E-state index contributed by atoms with van der Waals surface area (Å²) >= 11 is 0. The Bertz CT molecular complexity index is 675. The maximum Gasteiger partial charge on any atom is 0.237 e. The highest BCUT2D eigenvalue weighted by Gasteiger charge is 2.39. The van der Waals surface area contributed by atoms with E-state index in [-0.39, 0.29) is 5.91 Å². The zero-order chi connectivity index (χ0) is 17.9. The van der Waals surface area contributed by atoms with Crippen molar-refractivity contribution in [1.82, 2.24) is 19.8 Å². The van der Waals surface area contributed by atoms with Crippen LogP contribution in [0.5, 0.6) is 0 Å². The third-order valence-corrected chi connectivity index (χ3v) is 5.65. The molecular weight excluding hydrogens is 314 g/mol. The minimum absolute atomic E-state index is 0.0386. The Balaban J connectivity index is 1.66. The molecule has 1 aromatic rings. The fourth-order valence-electron chi connectivity index (χ4n) is 3.90. The van der Waals surface area contributed by atoms with Crippen molar-refractivity contribution in [3.05, 3.63) is 23.3 Å². The van der Waals surface area contributed by atoms with Crippen molar-refractivity contribution in [3.8, 4) is 6.07 Å². The molecule has 0 spiro atoms. The second kappa shape index (κ2) is 7.49. The molecule has 1 saturated carbocycles. The average Bonchev–Trinajstić information content (AvgIpc) is 2.67. The summed E-state index contributed by atoms with van der Waals surface area (Å²) in [5, 5.41) is 9.68. The molecule has 2 heterocycles. The molecule has 25 heavy (non-hydrogen) atoms. The van der Waals surface area contributed by atoms with Gasteiger partial charge in [-0.1, -0.05) is 26.2 Å². The van der Waals surface area contributed by atoms with E-state index in [9.17, 15) is 10.1 Å². The molecule has 0 radical (unpaired) electrons. The first kappa shape index (κ1) is 17.8. The van der Waals surface area contributed by atoms with Gasteiger partial charge in [-0.15, -0.1) is 0 Å². The van der Waals surface area contributed by atoms with Gasteiger partial charge in [-0.3, -0.25) is 9.69 Å². The van der Waals surface area contributed by atoms with Crippen molar-refractivity contribution in [2.75, 3.05) is 20.1 Å². The Labute approximate surface area is 149 Å². The fraction of sp³-hybridized carbons (Fsp3) is 0.684. The maximum absolute atomic E-state index is 12.8. The highest BCUT2D eigenvalue weighted by molar-refractivity contribution is 5.79. The van der Waals surface area contributed by atoms with Gasteiger partial charge in [0.15, 0.2) is 0 Å². The van der Waals surface area contributed by atoms with Crippen LogP contribution < -0.4 is 0 Å². The number of aryl methyl sites for hydroxylation is 1. The van der Waals surface area contributed by atoms with Gasteiger partial charge in [-0.05, 0) is 24.8 Å². The largest absolute Gasteiger partial charge is 0.326 e. The average molecular weight is 341 g/mol. The second-order valence-corrected chi connectivity index (χ2v) is 7.23. The number of hydrogen-bond donors (Lipinski definition) is 0. The molecule has 0 saturated heterocycles. The molecule has 6 heteroatoms. The van der Waals surface area contributed by atoms with Gasteiger partial charge in [0.05, 0.1) is 18.3 Å². The van der Waals surface area contributed by atoms with Gasteiger partial charge < -0.3 is 4.90 Å². The predicted molar refractivity (Wildman–Crippen MR) is 94.6 cm³/mol. The SMILES string of the molecule is CCc1ncc2c(n1)CN(CC(=O)N(C)C1(C#N)CCCCC1)CC2. The number of carbonyl (C=O) groups is 1. The van der Waals surface area contributed by atoms with Gasteiger partial charge in [0.1, 0.15) is 11.4 Å². The van der Waals surface area contributed by atoms with E-state index in [4.69, 9.17) is 0 Å². The molecule has 0 aromatic carbocycles. The molecule has 1 aliphatic heterocycles. The predicted octanol–water partition coefficient (Wildman–Crippen LogP) is 2.08. The minimum Gasteiger partial charge on any atom is -0.326 e. The summed E-state index contributed by atoms with van der Waals surface area (Å²) in [6.07, 6.45) is 8.42. The van der Waals surface area contributed by atoms with Gasteiger partial charge in [0, 0.05) is 32.8 Å². The standard InChI is InChI=1S/C19H27N5O/c1-3-17-21-11-15-7-10-24(12-16(15)22-17)13-18(25)23(2)19(14-20)8-5-4-6-9-19/h11H,3-10,12-13H2,1-2H3. The normalized spacial score (nSPS) is 19.7. The molecule has 134 valence electrons. The lowest BCUT2D eigenvalue weighted by molar-refractivity contribution is -0.136. The number of nitrogens with zero attached hydrogens (tertiary/aromatic N) is 5. The molecule has 1 fully saturated rings. The van der Waals surface area contributed by atoms with Crippen LogP contribution in [0.3, 0.4) is 0 Å². The van der Waals surface area contributed by atoms with Crippen LogP contribution in [0.1, 0.15) is 56.1 Å². The van der Waals surface area contributed by atoms with E-state index < -0.39 is 5.54 Å². The Kier molecular flexibility index (Phi) is 5.33. The van der Waals surface area contributed by atoms with Crippen molar-refractivity contribution in [3.63, 3.8) is 0 Å². The van der Waals surface area contributed by atoms with Crippen LogP contribution in [0.2, 0.25) is 0 Å². The lowest BCUT2D eigenvalue weighted by Crippen LogP contribution is -2.53. The fourth-order valence-corrected chi connectivity index (χ4v) is 3.90. The number of aromatic nitrogens is 2. The summed E-state index contributed by atoms with van der Waals surface area (Å²) in [6.45, 7) is 3.92. The zero-order valence-electron chi connectivity index (χ0n) is 15.3. The monoisotopic (exact) mass is 341 g/mol. The Morgan fingerprint density at radius 1 is 1.40 bits per heavy atom. The second-order valence-electron chi connectivity index (χ2n) is 7.23. The number of carbonyl (C=O) groups excluding carboxylic acids is 1. The Morgan fingerprint density at radius 3 is 2.84 bits per heavy atom. The van der Waals surface area contributed by atoms with Crippen LogP contribution in [-0.4, -0.2) is 51.4 Å². The number of nitriles is 1. The molecular formula is C19H27N5O. The smallest absolute Gasteiger partial charge is 0.237 e. The first-order chi connectivity index (χ1) is 12.1. The van der Waals surface area contributed by atoms with E-state index in [2.05, 4.69) is 20.9 Å². The Hall–Kier alpha value is -2.00. The summed E-state index contributed by atoms with van der Waals surface area (Å²) in [7, 11) is 1.80. The van der Waals surface area contributed by atoms with Gasteiger partial charge in [-0.25, -0.2) is 9.97 Å². The summed E-state index contributed by atoms with van der Waals surface area (Å²) in [4.78, 5) is 25.6. The lowest BCUT2D eigenvalue weighted by atomic mass is 9.81. The van der Waals surface area contributed by atoms with Crippen molar-refractivity contribution in [2.45, 2.75) is 64.0 Å².